The molecule has 1 fully saturated rings. The summed E-state index contributed by atoms with van der Waals surface area (Å²) in [5.41, 5.74) is 1.78. The second-order valence-electron chi connectivity index (χ2n) is 6.12. The molecule has 5 nitrogen and oxygen atoms in total. The van der Waals surface area contributed by atoms with Gasteiger partial charge in [-0.3, -0.25) is 9.59 Å². The van der Waals surface area contributed by atoms with Crippen LogP contribution in [0.25, 0.3) is 0 Å². The van der Waals surface area contributed by atoms with Crippen molar-refractivity contribution in [3.8, 4) is 0 Å². The smallest absolute Gasteiger partial charge is 0.239 e. The Bertz CT molecular complexity index is 559. The monoisotopic (exact) mass is 318 g/mol. The van der Waals surface area contributed by atoms with Crippen LogP contribution >= 0.6 is 0 Å². The van der Waals surface area contributed by atoms with Gasteiger partial charge in [0, 0.05) is 19.2 Å². The summed E-state index contributed by atoms with van der Waals surface area (Å²) >= 11 is 0. The standard InChI is InChI=1S/C18H26N2O3/c1-13-6-4-5-7-16(13)20(12-17(21)19-3)18(22)11-10-15-9-8-14(2)23-15/h4-7,14-15H,8-12H2,1-3H3,(H,19,21)/t14-,15+/m0/s1. The normalized spacial score (nSPS) is 20.3. The van der Waals surface area contributed by atoms with Gasteiger partial charge in [0.2, 0.25) is 11.8 Å². The van der Waals surface area contributed by atoms with Crippen LogP contribution in [0.5, 0.6) is 0 Å². The van der Waals surface area contributed by atoms with Crippen molar-refractivity contribution in [1.29, 1.82) is 0 Å². The van der Waals surface area contributed by atoms with Gasteiger partial charge in [0.1, 0.15) is 6.54 Å². The summed E-state index contributed by atoms with van der Waals surface area (Å²) in [6, 6.07) is 7.63. The van der Waals surface area contributed by atoms with Gasteiger partial charge in [-0.25, -0.2) is 0 Å². The molecule has 5 heteroatoms. The largest absolute Gasteiger partial charge is 0.375 e. The Morgan fingerprint density at radius 2 is 2.04 bits per heavy atom. The lowest BCUT2D eigenvalue weighted by molar-refractivity contribution is -0.123. The van der Waals surface area contributed by atoms with Crippen molar-refractivity contribution < 1.29 is 14.3 Å². The van der Waals surface area contributed by atoms with E-state index in [4.69, 9.17) is 4.74 Å². The number of ether oxygens (including phenoxy) is 1. The number of para-hydroxylation sites is 1. The molecule has 1 aliphatic heterocycles. The first-order chi connectivity index (χ1) is 11.0. The van der Waals surface area contributed by atoms with Crippen LogP contribution in [0.4, 0.5) is 5.69 Å². The van der Waals surface area contributed by atoms with Gasteiger partial charge in [-0.2, -0.15) is 0 Å². The topological polar surface area (TPSA) is 58.6 Å². The lowest BCUT2D eigenvalue weighted by atomic mass is 10.1. The predicted molar refractivity (Wildman–Crippen MR) is 90.4 cm³/mol. The molecule has 1 N–H and O–H groups in total. The Hall–Kier alpha value is -1.88. The number of benzene rings is 1. The number of anilines is 1. The molecular formula is C18H26N2O3. The summed E-state index contributed by atoms with van der Waals surface area (Å²) in [5.74, 6) is -0.210. The minimum atomic E-state index is -0.174. The maximum absolute atomic E-state index is 12.7. The summed E-state index contributed by atoms with van der Waals surface area (Å²) in [6.45, 7) is 4.05. The number of aryl methyl sites for hydroxylation is 1. The van der Waals surface area contributed by atoms with Crippen LogP contribution in [-0.2, 0) is 14.3 Å². The molecular weight excluding hydrogens is 292 g/mol. The number of hydrogen-bond acceptors (Lipinski definition) is 3. The third-order valence-electron chi connectivity index (χ3n) is 4.29. The SMILES string of the molecule is CNC(=O)CN(C(=O)CC[C@H]1CC[C@H](C)O1)c1ccccc1C. The minimum absolute atomic E-state index is 0.0361. The molecule has 1 heterocycles. The van der Waals surface area contributed by atoms with Crippen molar-refractivity contribution in [3.63, 3.8) is 0 Å². The molecule has 1 aliphatic rings. The Morgan fingerprint density at radius 3 is 2.65 bits per heavy atom. The molecule has 0 bridgehead atoms. The quantitative estimate of drug-likeness (QED) is 0.876. The van der Waals surface area contributed by atoms with Crippen LogP contribution in [0, 0.1) is 6.92 Å². The lowest BCUT2D eigenvalue weighted by Crippen LogP contribution is -2.40. The van der Waals surface area contributed by atoms with Crippen LogP contribution < -0.4 is 10.2 Å². The van der Waals surface area contributed by atoms with Crippen LogP contribution in [0.3, 0.4) is 0 Å². The van der Waals surface area contributed by atoms with E-state index in [9.17, 15) is 9.59 Å². The molecule has 126 valence electrons. The van der Waals surface area contributed by atoms with E-state index in [2.05, 4.69) is 12.2 Å². The van der Waals surface area contributed by atoms with E-state index in [-0.39, 0.29) is 30.6 Å². The number of nitrogens with zero attached hydrogens (tertiary/aromatic N) is 1. The molecule has 0 aliphatic carbocycles. The van der Waals surface area contributed by atoms with E-state index in [0.29, 0.717) is 12.8 Å². The minimum Gasteiger partial charge on any atom is -0.375 e. The zero-order valence-electron chi connectivity index (χ0n) is 14.2. The number of likely N-dealkylation sites (N-methyl/N-ethyl adjacent to an activating group) is 1. The molecule has 0 saturated carbocycles. The van der Waals surface area contributed by atoms with Gasteiger partial charge in [-0.05, 0) is 44.7 Å². The molecule has 1 aromatic carbocycles. The van der Waals surface area contributed by atoms with Gasteiger partial charge in [-0.1, -0.05) is 18.2 Å². The summed E-state index contributed by atoms with van der Waals surface area (Å²) < 4.78 is 5.77. The number of hydrogen-bond donors (Lipinski definition) is 1. The molecule has 0 unspecified atom stereocenters. The molecule has 2 rings (SSSR count). The van der Waals surface area contributed by atoms with Gasteiger partial charge in [0.25, 0.3) is 0 Å². The van der Waals surface area contributed by atoms with E-state index in [0.717, 1.165) is 24.1 Å². The fourth-order valence-electron chi connectivity index (χ4n) is 2.91. The first-order valence-corrected chi connectivity index (χ1v) is 8.23. The maximum Gasteiger partial charge on any atom is 0.239 e. The first-order valence-electron chi connectivity index (χ1n) is 8.23. The molecule has 1 aromatic rings. The number of carbonyl (C=O) groups excluding carboxylic acids is 2. The number of amides is 2. The summed E-state index contributed by atoms with van der Waals surface area (Å²) in [7, 11) is 1.58. The third-order valence-corrected chi connectivity index (χ3v) is 4.29. The third kappa shape index (κ3) is 4.79. The fraction of sp³-hybridized carbons (Fsp3) is 0.556. The molecule has 23 heavy (non-hydrogen) atoms. The van der Waals surface area contributed by atoms with Gasteiger partial charge in [-0.15, -0.1) is 0 Å². The van der Waals surface area contributed by atoms with Crippen molar-refractivity contribution in [1.82, 2.24) is 5.32 Å². The second-order valence-corrected chi connectivity index (χ2v) is 6.12. The van der Waals surface area contributed by atoms with E-state index in [1.165, 1.54) is 0 Å². The molecule has 0 spiro atoms. The van der Waals surface area contributed by atoms with Crippen molar-refractivity contribution in [2.75, 3.05) is 18.5 Å². The summed E-state index contributed by atoms with van der Waals surface area (Å²) in [6.07, 6.45) is 3.61. The molecule has 0 radical (unpaired) electrons. The Morgan fingerprint density at radius 1 is 1.30 bits per heavy atom. The average molecular weight is 318 g/mol. The van der Waals surface area contributed by atoms with Gasteiger partial charge in [0.15, 0.2) is 0 Å². The van der Waals surface area contributed by atoms with Crippen molar-refractivity contribution in [2.45, 2.75) is 51.7 Å². The summed E-state index contributed by atoms with van der Waals surface area (Å²) in [4.78, 5) is 26.0. The Balaban J connectivity index is 2.05. The Kier molecular flexibility index (Phi) is 6.16. The van der Waals surface area contributed by atoms with Crippen molar-refractivity contribution in [3.05, 3.63) is 29.8 Å². The summed E-state index contributed by atoms with van der Waals surface area (Å²) in [5, 5.41) is 2.59. The predicted octanol–water partition coefficient (Wildman–Crippen LogP) is 2.42. The van der Waals surface area contributed by atoms with E-state index in [1.807, 2.05) is 31.2 Å². The Labute approximate surface area is 138 Å². The zero-order chi connectivity index (χ0) is 16.8. The van der Waals surface area contributed by atoms with E-state index in [1.54, 1.807) is 11.9 Å². The average Bonchev–Trinajstić information content (AvgIpc) is 2.96. The highest BCUT2D eigenvalue weighted by Gasteiger charge is 2.25. The van der Waals surface area contributed by atoms with Gasteiger partial charge >= 0.3 is 0 Å². The van der Waals surface area contributed by atoms with Gasteiger partial charge in [0.05, 0.1) is 12.2 Å². The molecule has 2 amide bonds. The second kappa shape index (κ2) is 8.11. The molecule has 0 aromatic heterocycles. The van der Waals surface area contributed by atoms with E-state index < -0.39 is 0 Å². The maximum atomic E-state index is 12.7. The molecule has 2 atom stereocenters. The van der Waals surface area contributed by atoms with Crippen LogP contribution in [0.1, 0.15) is 38.2 Å². The first kappa shape index (κ1) is 17.5. The number of nitrogens with one attached hydrogen (secondary N) is 1. The molecule has 1 saturated heterocycles. The highest BCUT2D eigenvalue weighted by Crippen LogP contribution is 2.25. The lowest BCUT2D eigenvalue weighted by Gasteiger charge is -2.24. The van der Waals surface area contributed by atoms with Crippen molar-refractivity contribution in [2.24, 2.45) is 0 Å². The van der Waals surface area contributed by atoms with E-state index >= 15 is 0 Å². The van der Waals surface area contributed by atoms with Crippen molar-refractivity contribution >= 4 is 17.5 Å². The van der Waals surface area contributed by atoms with Gasteiger partial charge < -0.3 is 15.0 Å². The highest BCUT2D eigenvalue weighted by molar-refractivity contribution is 5.99. The highest BCUT2D eigenvalue weighted by atomic mass is 16.5. The number of carbonyl (C=O) groups is 2. The van der Waals surface area contributed by atoms with Crippen LogP contribution in [0.15, 0.2) is 24.3 Å². The van der Waals surface area contributed by atoms with Crippen LogP contribution in [0.2, 0.25) is 0 Å². The van der Waals surface area contributed by atoms with Crippen LogP contribution in [-0.4, -0.2) is 37.6 Å². The number of rotatable bonds is 6. The fourth-order valence-corrected chi connectivity index (χ4v) is 2.91. The zero-order valence-corrected chi connectivity index (χ0v) is 14.2.